The Morgan fingerprint density at radius 1 is 1.31 bits per heavy atom. The van der Waals surface area contributed by atoms with E-state index in [1.54, 1.807) is 25.1 Å². The molecule has 0 saturated carbocycles. The highest BCUT2D eigenvalue weighted by Gasteiger charge is 2.35. The Kier molecular flexibility index (Phi) is 5.88. The number of ether oxygens (including phenoxy) is 2. The van der Waals surface area contributed by atoms with Gasteiger partial charge in [-0.15, -0.1) is 0 Å². The van der Waals surface area contributed by atoms with Gasteiger partial charge in [0.05, 0.1) is 29.7 Å². The predicted molar refractivity (Wildman–Crippen MR) is 121 cm³/mol. The summed E-state index contributed by atoms with van der Waals surface area (Å²) in [5, 5.41) is 4.34. The summed E-state index contributed by atoms with van der Waals surface area (Å²) >= 11 is 6.24. The van der Waals surface area contributed by atoms with Gasteiger partial charge in [-0.3, -0.25) is 4.79 Å². The molecule has 32 heavy (non-hydrogen) atoms. The fourth-order valence-electron chi connectivity index (χ4n) is 3.62. The normalized spacial score (nSPS) is 16.8. The Labute approximate surface area is 188 Å². The largest absolute Gasteiger partial charge is 0.495 e. The molecule has 3 aromatic rings. The highest BCUT2D eigenvalue weighted by Crippen LogP contribution is 2.30. The van der Waals surface area contributed by atoms with Crippen molar-refractivity contribution in [3.05, 3.63) is 45.0 Å². The maximum atomic E-state index is 12.7. The molecular weight excluding hydrogens is 436 g/mol. The van der Waals surface area contributed by atoms with Gasteiger partial charge >= 0.3 is 6.09 Å². The van der Waals surface area contributed by atoms with Crippen molar-refractivity contribution < 1.29 is 14.3 Å². The first-order valence-corrected chi connectivity index (χ1v) is 10.5. The number of anilines is 2. The first-order valence-electron chi connectivity index (χ1n) is 10.2. The number of cyclic esters (lactones) is 1. The van der Waals surface area contributed by atoms with Crippen molar-refractivity contribution in [1.29, 1.82) is 0 Å². The SMILES string of the molecule is CC[C@H]1COC(=O)N1c1nc(C)nc(NC(C)c2cc3cc(Cl)c(OC)cc3[nH]c2=O)n1. The van der Waals surface area contributed by atoms with Gasteiger partial charge in [0, 0.05) is 17.0 Å². The van der Waals surface area contributed by atoms with Crippen molar-refractivity contribution in [2.24, 2.45) is 0 Å². The van der Waals surface area contributed by atoms with E-state index in [4.69, 9.17) is 21.1 Å². The van der Waals surface area contributed by atoms with E-state index in [1.807, 2.05) is 13.8 Å². The lowest BCUT2D eigenvalue weighted by atomic mass is 10.1. The molecule has 10 nitrogen and oxygen atoms in total. The van der Waals surface area contributed by atoms with Gasteiger partial charge in [-0.25, -0.2) is 9.69 Å². The zero-order valence-electron chi connectivity index (χ0n) is 18.1. The van der Waals surface area contributed by atoms with Crippen LogP contribution in [0.1, 0.15) is 37.7 Å². The van der Waals surface area contributed by atoms with E-state index in [9.17, 15) is 9.59 Å². The molecule has 1 aliphatic heterocycles. The lowest BCUT2D eigenvalue weighted by molar-refractivity contribution is 0.178. The number of hydrogen-bond acceptors (Lipinski definition) is 8. The van der Waals surface area contributed by atoms with Crippen molar-refractivity contribution in [3.8, 4) is 5.75 Å². The molecule has 2 atom stereocenters. The molecule has 2 N–H and O–H groups in total. The molecule has 1 amide bonds. The van der Waals surface area contributed by atoms with E-state index in [1.165, 1.54) is 12.0 Å². The molecule has 1 saturated heterocycles. The van der Waals surface area contributed by atoms with Gasteiger partial charge in [-0.2, -0.15) is 15.0 Å². The van der Waals surface area contributed by atoms with E-state index in [-0.39, 0.29) is 23.5 Å². The molecule has 3 heterocycles. The van der Waals surface area contributed by atoms with Crippen LogP contribution in [-0.4, -0.2) is 45.8 Å². The maximum absolute atomic E-state index is 12.7. The van der Waals surface area contributed by atoms with Crippen LogP contribution >= 0.6 is 11.6 Å². The van der Waals surface area contributed by atoms with E-state index in [0.29, 0.717) is 40.7 Å². The third kappa shape index (κ3) is 4.05. The topological polar surface area (TPSA) is 122 Å². The minimum Gasteiger partial charge on any atom is -0.495 e. The number of amides is 1. The number of carbonyl (C=O) groups excluding carboxylic acids is 1. The number of carbonyl (C=O) groups is 1. The number of nitrogens with one attached hydrogen (secondary N) is 2. The summed E-state index contributed by atoms with van der Waals surface area (Å²) in [7, 11) is 1.51. The van der Waals surface area contributed by atoms with Gasteiger partial charge in [-0.05, 0) is 32.4 Å². The van der Waals surface area contributed by atoms with Gasteiger partial charge in [0.2, 0.25) is 11.9 Å². The summed E-state index contributed by atoms with van der Waals surface area (Å²) < 4.78 is 10.3. The second-order valence-electron chi connectivity index (χ2n) is 7.51. The van der Waals surface area contributed by atoms with Crippen LogP contribution in [-0.2, 0) is 4.74 Å². The predicted octanol–water partition coefficient (Wildman–Crippen LogP) is 3.59. The average molecular weight is 459 g/mol. The van der Waals surface area contributed by atoms with E-state index >= 15 is 0 Å². The molecule has 1 aliphatic rings. The van der Waals surface area contributed by atoms with Crippen molar-refractivity contribution in [1.82, 2.24) is 19.9 Å². The van der Waals surface area contributed by atoms with Crippen LogP contribution in [0.3, 0.4) is 0 Å². The van der Waals surface area contributed by atoms with Gasteiger partial charge in [0.1, 0.15) is 18.2 Å². The summed E-state index contributed by atoms with van der Waals surface area (Å²) in [6.45, 7) is 5.78. The van der Waals surface area contributed by atoms with Crippen molar-refractivity contribution in [3.63, 3.8) is 0 Å². The summed E-state index contributed by atoms with van der Waals surface area (Å²) in [6.07, 6.45) is 0.217. The Bertz CT molecular complexity index is 1250. The first-order chi connectivity index (χ1) is 15.3. The number of aromatic amines is 1. The summed E-state index contributed by atoms with van der Waals surface area (Å²) in [5.74, 6) is 1.38. The molecule has 0 radical (unpaired) electrons. The lowest BCUT2D eigenvalue weighted by Crippen LogP contribution is -2.35. The van der Waals surface area contributed by atoms with E-state index < -0.39 is 12.1 Å². The van der Waals surface area contributed by atoms with E-state index in [0.717, 1.165) is 5.39 Å². The van der Waals surface area contributed by atoms with Crippen LogP contribution < -0.4 is 20.5 Å². The van der Waals surface area contributed by atoms with Crippen LogP contribution in [0.5, 0.6) is 5.75 Å². The van der Waals surface area contributed by atoms with Crippen molar-refractivity contribution in [2.75, 3.05) is 23.9 Å². The number of hydrogen-bond donors (Lipinski definition) is 2. The molecule has 0 spiro atoms. The number of methoxy groups -OCH3 is 1. The number of H-pyrrole nitrogens is 1. The third-order valence-corrected chi connectivity index (χ3v) is 5.64. The lowest BCUT2D eigenvalue weighted by Gasteiger charge is -2.20. The minimum atomic E-state index is -0.486. The number of benzene rings is 1. The quantitative estimate of drug-likeness (QED) is 0.574. The molecule has 1 aromatic carbocycles. The highest BCUT2D eigenvalue weighted by molar-refractivity contribution is 6.32. The van der Waals surface area contributed by atoms with Gasteiger partial charge in [0.15, 0.2) is 0 Å². The zero-order valence-corrected chi connectivity index (χ0v) is 18.9. The van der Waals surface area contributed by atoms with Gasteiger partial charge < -0.3 is 19.8 Å². The number of aromatic nitrogens is 4. The second-order valence-corrected chi connectivity index (χ2v) is 7.92. The van der Waals surface area contributed by atoms with Crippen LogP contribution in [0.4, 0.5) is 16.7 Å². The fourth-order valence-corrected chi connectivity index (χ4v) is 3.87. The van der Waals surface area contributed by atoms with Crippen LogP contribution in [0.15, 0.2) is 23.0 Å². The molecule has 1 fully saturated rings. The molecule has 0 aliphatic carbocycles. The summed E-state index contributed by atoms with van der Waals surface area (Å²) in [6, 6.07) is 4.60. The molecular formula is C21H23ClN6O4. The highest BCUT2D eigenvalue weighted by atomic mass is 35.5. The van der Waals surface area contributed by atoms with Crippen LogP contribution in [0, 0.1) is 6.92 Å². The average Bonchev–Trinajstić information content (AvgIpc) is 3.13. The molecule has 0 bridgehead atoms. The molecule has 4 rings (SSSR count). The number of halogens is 1. The number of pyridine rings is 1. The van der Waals surface area contributed by atoms with Crippen LogP contribution in [0.2, 0.25) is 5.02 Å². The van der Waals surface area contributed by atoms with Crippen LogP contribution in [0.25, 0.3) is 10.9 Å². The summed E-state index contributed by atoms with van der Waals surface area (Å²) in [4.78, 5) is 42.2. The first kappa shape index (κ1) is 21.8. The maximum Gasteiger partial charge on any atom is 0.417 e. The number of fused-ring (bicyclic) bond motifs is 1. The monoisotopic (exact) mass is 458 g/mol. The fraction of sp³-hybridized carbons (Fsp3) is 0.381. The van der Waals surface area contributed by atoms with E-state index in [2.05, 4.69) is 25.3 Å². The van der Waals surface area contributed by atoms with Crippen molar-refractivity contribution in [2.45, 2.75) is 39.3 Å². The molecule has 168 valence electrons. The Morgan fingerprint density at radius 2 is 2.09 bits per heavy atom. The molecule has 1 unspecified atom stereocenters. The number of nitrogens with zero attached hydrogens (tertiary/aromatic N) is 4. The third-order valence-electron chi connectivity index (χ3n) is 5.34. The standard InChI is InChI=1S/C21H23ClN6O4/c1-5-13-9-32-21(30)28(13)20-25-11(3)24-19(27-20)23-10(2)14-6-12-7-15(22)17(31-4)8-16(12)26-18(14)29/h6-8,10,13H,5,9H2,1-4H3,(H,26,29)(H,23,24,25,27)/t10?,13-/m0/s1. The Balaban J connectivity index is 1.65. The zero-order chi connectivity index (χ0) is 23.0. The Hall–Kier alpha value is -3.40. The second kappa shape index (κ2) is 8.62. The summed E-state index contributed by atoms with van der Waals surface area (Å²) in [5.41, 5.74) is 0.830. The number of rotatable bonds is 6. The number of aryl methyl sites for hydroxylation is 1. The molecule has 11 heteroatoms. The van der Waals surface area contributed by atoms with Crippen molar-refractivity contribution >= 4 is 40.5 Å². The van der Waals surface area contributed by atoms with Gasteiger partial charge in [0.25, 0.3) is 5.56 Å². The Morgan fingerprint density at radius 3 is 2.81 bits per heavy atom. The molecule has 2 aromatic heterocycles. The van der Waals surface area contributed by atoms with Gasteiger partial charge in [-0.1, -0.05) is 18.5 Å². The smallest absolute Gasteiger partial charge is 0.417 e. The minimum absolute atomic E-state index is 0.139.